The van der Waals surface area contributed by atoms with Crippen LogP contribution in [0.1, 0.15) is 40.4 Å². The average Bonchev–Trinajstić information content (AvgIpc) is 2.67. The molecule has 1 amide bonds. The summed E-state index contributed by atoms with van der Waals surface area (Å²) >= 11 is 0. The molecule has 2 aromatic rings. The van der Waals surface area contributed by atoms with Crippen molar-refractivity contribution in [2.45, 2.75) is 38.5 Å². The lowest BCUT2D eigenvalue weighted by Gasteiger charge is -2.35. The first-order valence-electron chi connectivity index (χ1n) is 9.15. The van der Waals surface area contributed by atoms with E-state index in [4.69, 9.17) is 0 Å². The van der Waals surface area contributed by atoms with E-state index in [1.807, 2.05) is 19.1 Å². The van der Waals surface area contributed by atoms with Gasteiger partial charge in [-0.1, -0.05) is 43.3 Å². The first-order valence-corrected chi connectivity index (χ1v) is 9.15. The van der Waals surface area contributed by atoms with Gasteiger partial charge in [0.2, 0.25) is 0 Å². The van der Waals surface area contributed by atoms with Crippen LogP contribution in [0.15, 0.2) is 48.5 Å². The van der Waals surface area contributed by atoms with Crippen molar-refractivity contribution < 1.29 is 18.0 Å². The number of halogens is 3. The van der Waals surface area contributed by atoms with Crippen LogP contribution in [-0.2, 0) is 19.1 Å². The Balaban J connectivity index is 1.66. The largest absolute Gasteiger partial charge is 0.417 e. The molecule has 0 aromatic heterocycles. The van der Waals surface area contributed by atoms with Gasteiger partial charge in [0, 0.05) is 25.7 Å². The van der Waals surface area contributed by atoms with Crippen molar-refractivity contribution in [3.8, 4) is 0 Å². The molecule has 0 spiro atoms. The number of alkyl halides is 3. The molecule has 1 aliphatic heterocycles. The van der Waals surface area contributed by atoms with Crippen LogP contribution in [0.5, 0.6) is 0 Å². The van der Waals surface area contributed by atoms with Gasteiger partial charge in [-0.15, -0.1) is 0 Å². The zero-order valence-corrected chi connectivity index (χ0v) is 15.2. The smallest absolute Gasteiger partial charge is 0.350 e. The molecule has 27 heavy (non-hydrogen) atoms. The fraction of sp³-hybridized carbons (Fsp3) is 0.381. The minimum atomic E-state index is -4.55. The molecule has 1 atom stereocenters. The van der Waals surface area contributed by atoms with Crippen LogP contribution in [0.25, 0.3) is 0 Å². The average molecular weight is 376 g/mol. The molecule has 1 aliphatic rings. The lowest BCUT2D eigenvalue weighted by molar-refractivity contribution is -0.137. The standard InChI is InChI=1S/C21H23F3N2O/c1-2-17(26-12-11-15-7-3-4-8-16(15)14-26)13-25-20(27)18-9-5-6-10-19(18)21(22,23)24/h3-10,17H,2,11-14H2,1H3,(H,25,27)/t17-/m0/s1. The zero-order valence-electron chi connectivity index (χ0n) is 15.2. The van der Waals surface area contributed by atoms with Gasteiger partial charge in [0.1, 0.15) is 0 Å². The van der Waals surface area contributed by atoms with E-state index >= 15 is 0 Å². The maximum atomic E-state index is 13.1. The molecule has 1 heterocycles. The topological polar surface area (TPSA) is 32.3 Å². The number of nitrogens with zero attached hydrogens (tertiary/aromatic N) is 1. The summed E-state index contributed by atoms with van der Waals surface area (Å²) in [6.45, 7) is 4.03. The molecule has 0 saturated heterocycles. The van der Waals surface area contributed by atoms with Crippen molar-refractivity contribution in [2.75, 3.05) is 13.1 Å². The molecule has 0 radical (unpaired) electrons. The lowest BCUT2D eigenvalue weighted by Crippen LogP contribution is -2.45. The second kappa shape index (κ2) is 8.13. The second-order valence-corrected chi connectivity index (χ2v) is 6.80. The Morgan fingerprint density at radius 3 is 2.48 bits per heavy atom. The Hall–Kier alpha value is -2.34. The second-order valence-electron chi connectivity index (χ2n) is 6.80. The van der Waals surface area contributed by atoms with Crippen molar-refractivity contribution >= 4 is 5.91 Å². The molecule has 0 saturated carbocycles. The van der Waals surface area contributed by atoms with Gasteiger partial charge in [0.15, 0.2) is 0 Å². The number of nitrogens with one attached hydrogen (secondary N) is 1. The predicted molar refractivity (Wildman–Crippen MR) is 98.4 cm³/mol. The van der Waals surface area contributed by atoms with Crippen LogP contribution < -0.4 is 5.32 Å². The molecule has 144 valence electrons. The maximum absolute atomic E-state index is 13.1. The first kappa shape index (κ1) is 19.4. The first-order chi connectivity index (χ1) is 12.9. The van der Waals surface area contributed by atoms with E-state index in [2.05, 4.69) is 22.3 Å². The molecule has 3 rings (SSSR count). The summed E-state index contributed by atoms with van der Waals surface area (Å²) in [6.07, 6.45) is -2.80. The summed E-state index contributed by atoms with van der Waals surface area (Å²) in [5.41, 5.74) is 1.38. The van der Waals surface area contributed by atoms with Gasteiger partial charge in [-0.25, -0.2) is 0 Å². The van der Waals surface area contributed by atoms with E-state index in [0.29, 0.717) is 6.54 Å². The fourth-order valence-corrected chi connectivity index (χ4v) is 3.59. The van der Waals surface area contributed by atoms with Gasteiger partial charge in [-0.3, -0.25) is 9.69 Å². The summed E-state index contributed by atoms with van der Waals surface area (Å²) < 4.78 is 39.4. The number of rotatable bonds is 5. The highest BCUT2D eigenvalue weighted by Crippen LogP contribution is 2.31. The zero-order chi connectivity index (χ0) is 19.4. The highest BCUT2D eigenvalue weighted by atomic mass is 19.4. The van der Waals surface area contributed by atoms with Crippen LogP contribution in [-0.4, -0.2) is 29.9 Å². The SMILES string of the molecule is CC[C@@H](CNC(=O)c1ccccc1C(F)(F)F)N1CCc2ccccc2C1. The summed E-state index contributed by atoms with van der Waals surface area (Å²) in [4.78, 5) is 14.7. The third-order valence-corrected chi connectivity index (χ3v) is 5.12. The summed E-state index contributed by atoms with van der Waals surface area (Å²) in [7, 11) is 0. The molecular weight excluding hydrogens is 353 g/mol. The van der Waals surface area contributed by atoms with Gasteiger partial charge in [-0.2, -0.15) is 13.2 Å². The number of amides is 1. The third-order valence-electron chi connectivity index (χ3n) is 5.12. The number of benzene rings is 2. The van der Waals surface area contributed by atoms with E-state index in [0.717, 1.165) is 32.0 Å². The van der Waals surface area contributed by atoms with Crippen molar-refractivity contribution in [3.05, 3.63) is 70.8 Å². The Morgan fingerprint density at radius 1 is 1.11 bits per heavy atom. The summed E-state index contributed by atoms with van der Waals surface area (Å²) in [5.74, 6) is -0.682. The monoisotopic (exact) mass is 376 g/mol. The van der Waals surface area contributed by atoms with Crippen molar-refractivity contribution in [3.63, 3.8) is 0 Å². The Labute approximate surface area is 157 Å². The molecule has 0 aliphatic carbocycles. The summed E-state index contributed by atoms with van der Waals surface area (Å²) in [6, 6.07) is 13.3. The maximum Gasteiger partial charge on any atom is 0.417 e. The van der Waals surface area contributed by atoms with Crippen LogP contribution in [0, 0.1) is 0 Å². The van der Waals surface area contributed by atoms with Gasteiger partial charge in [0.05, 0.1) is 11.1 Å². The number of carbonyl (C=O) groups is 1. The quantitative estimate of drug-likeness (QED) is 0.845. The number of hydrogen-bond acceptors (Lipinski definition) is 2. The Kier molecular flexibility index (Phi) is 5.85. The van der Waals surface area contributed by atoms with Crippen molar-refractivity contribution in [1.82, 2.24) is 10.2 Å². The summed E-state index contributed by atoms with van der Waals surface area (Å²) in [5, 5.41) is 2.70. The molecule has 0 bridgehead atoms. The highest BCUT2D eigenvalue weighted by Gasteiger charge is 2.35. The van der Waals surface area contributed by atoms with E-state index in [1.165, 1.54) is 29.3 Å². The van der Waals surface area contributed by atoms with Crippen LogP contribution in [0.3, 0.4) is 0 Å². The van der Waals surface area contributed by atoms with Crippen molar-refractivity contribution in [2.24, 2.45) is 0 Å². The molecular formula is C21H23F3N2O. The van der Waals surface area contributed by atoms with Crippen LogP contribution in [0.2, 0.25) is 0 Å². The molecule has 0 fully saturated rings. The van der Waals surface area contributed by atoms with E-state index in [9.17, 15) is 18.0 Å². The van der Waals surface area contributed by atoms with Crippen molar-refractivity contribution in [1.29, 1.82) is 0 Å². The molecule has 6 heteroatoms. The molecule has 0 unspecified atom stereocenters. The Morgan fingerprint density at radius 2 is 1.78 bits per heavy atom. The van der Waals surface area contributed by atoms with Gasteiger partial charge in [0.25, 0.3) is 5.91 Å². The lowest BCUT2D eigenvalue weighted by atomic mass is 9.98. The number of carbonyl (C=O) groups excluding carboxylic acids is 1. The van der Waals surface area contributed by atoms with Crippen LogP contribution in [0.4, 0.5) is 13.2 Å². The number of hydrogen-bond donors (Lipinski definition) is 1. The van der Waals surface area contributed by atoms with Gasteiger partial charge < -0.3 is 5.32 Å². The molecule has 2 aromatic carbocycles. The molecule has 1 N–H and O–H groups in total. The Bertz CT molecular complexity index is 804. The van der Waals surface area contributed by atoms with E-state index in [-0.39, 0.29) is 11.6 Å². The normalized spacial score (nSPS) is 15.9. The van der Waals surface area contributed by atoms with Gasteiger partial charge >= 0.3 is 6.18 Å². The molecule has 3 nitrogen and oxygen atoms in total. The fourth-order valence-electron chi connectivity index (χ4n) is 3.59. The third kappa shape index (κ3) is 4.50. The minimum Gasteiger partial charge on any atom is -0.350 e. The predicted octanol–water partition coefficient (Wildman–Crippen LogP) is 4.27. The highest BCUT2D eigenvalue weighted by molar-refractivity contribution is 5.95. The van der Waals surface area contributed by atoms with E-state index < -0.39 is 17.6 Å². The van der Waals surface area contributed by atoms with Crippen LogP contribution >= 0.6 is 0 Å². The van der Waals surface area contributed by atoms with Gasteiger partial charge in [-0.05, 0) is 36.1 Å². The minimum absolute atomic E-state index is 0.0837. The number of fused-ring (bicyclic) bond motifs is 1. The van der Waals surface area contributed by atoms with E-state index in [1.54, 1.807) is 0 Å².